The summed E-state index contributed by atoms with van der Waals surface area (Å²) in [6, 6.07) is 5.58. The lowest BCUT2D eigenvalue weighted by atomic mass is 10.2. The lowest BCUT2D eigenvalue weighted by Crippen LogP contribution is -2.38. The standard InChI is InChI=1S/C15H18Cl3N5.HI/c1-19-15(20-6-5-10-3-4-13(17)21-8-10)22-9-11-7-12(16)14(18)23(11)2;/h3-4,7-8H,5-6,9H2,1-2H3,(H2,19,20,22);1H. The van der Waals surface area contributed by atoms with Gasteiger partial charge in [0.05, 0.1) is 11.6 Å². The summed E-state index contributed by atoms with van der Waals surface area (Å²) >= 11 is 17.8. The highest BCUT2D eigenvalue weighted by atomic mass is 127. The molecular formula is C15H19Cl3IN5. The molecule has 0 unspecified atom stereocenters. The van der Waals surface area contributed by atoms with E-state index in [-0.39, 0.29) is 24.0 Å². The number of nitrogens with zero attached hydrogens (tertiary/aromatic N) is 3. The maximum absolute atomic E-state index is 6.05. The highest BCUT2D eigenvalue weighted by molar-refractivity contribution is 14.0. The molecule has 0 radical (unpaired) electrons. The molecule has 24 heavy (non-hydrogen) atoms. The second kappa shape index (κ2) is 10.3. The van der Waals surface area contributed by atoms with E-state index in [2.05, 4.69) is 20.6 Å². The lowest BCUT2D eigenvalue weighted by Gasteiger charge is -2.12. The van der Waals surface area contributed by atoms with E-state index < -0.39 is 0 Å². The molecule has 0 spiro atoms. The summed E-state index contributed by atoms with van der Waals surface area (Å²) in [6.07, 6.45) is 2.60. The Bertz CT molecular complexity index is 685. The number of rotatable bonds is 5. The van der Waals surface area contributed by atoms with Crippen LogP contribution in [0, 0.1) is 0 Å². The smallest absolute Gasteiger partial charge is 0.191 e. The number of halogens is 4. The van der Waals surface area contributed by atoms with Crippen LogP contribution in [0.3, 0.4) is 0 Å². The number of hydrogen-bond acceptors (Lipinski definition) is 2. The number of hydrogen-bond donors (Lipinski definition) is 2. The van der Waals surface area contributed by atoms with Gasteiger partial charge in [-0.2, -0.15) is 0 Å². The van der Waals surface area contributed by atoms with Crippen molar-refractivity contribution < 1.29 is 0 Å². The van der Waals surface area contributed by atoms with E-state index in [0.29, 0.717) is 27.8 Å². The first kappa shape index (κ1) is 21.3. The topological polar surface area (TPSA) is 54.2 Å². The minimum atomic E-state index is 0. The molecule has 2 heterocycles. The number of pyridine rings is 1. The molecule has 132 valence electrons. The SMILES string of the molecule is CN=C(NCCc1ccc(Cl)nc1)NCc1cc(Cl)c(Cl)n1C.I. The van der Waals surface area contributed by atoms with Crippen molar-refractivity contribution in [3.05, 3.63) is 51.0 Å². The highest BCUT2D eigenvalue weighted by Gasteiger charge is 2.09. The number of aromatic nitrogens is 2. The molecule has 0 saturated heterocycles. The van der Waals surface area contributed by atoms with Gasteiger partial charge in [0.15, 0.2) is 5.96 Å². The van der Waals surface area contributed by atoms with Gasteiger partial charge in [-0.15, -0.1) is 24.0 Å². The molecule has 0 aromatic carbocycles. The number of aliphatic imine (C=N–C) groups is 1. The molecule has 0 fully saturated rings. The van der Waals surface area contributed by atoms with Crippen molar-refractivity contribution in [2.75, 3.05) is 13.6 Å². The fourth-order valence-electron chi connectivity index (χ4n) is 2.03. The minimum absolute atomic E-state index is 0. The predicted molar refractivity (Wildman–Crippen MR) is 112 cm³/mol. The van der Waals surface area contributed by atoms with Gasteiger partial charge >= 0.3 is 0 Å². The molecule has 0 saturated carbocycles. The number of nitrogens with one attached hydrogen (secondary N) is 2. The summed E-state index contributed by atoms with van der Waals surface area (Å²) in [5.41, 5.74) is 2.09. The zero-order valence-corrected chi connectivity index (χ0v) is 17.9. The van der Waals surface area contributed by atoms with E-state index in [1.54, 1.807) is 19.3 Å². The van der Waals surface area contributed by atoms with Gasteiger partial charge in [0.25, 0.3) is 0 Å². The second-order valence-electron chi connectivity index (χ2n) is 4.93. The molecule has 0 aliphatic carbocycles. The van der Waals surface area contributed by atoms with Gasteiger partial charge in [-0.1, -0.05) is 40.9 Å². The quantitative estimate of drug-likeness (QED) is 0.282. The lowest BCUT2D eigenvalue weighted by molar-refractivity contribution is 0.746. The van der Waals surface area contributed by atoms with Gasteiger partial charge in [0.1, 0.15) is 10.3 Å². The van der Waals surface area contributed by atoms with E-state index in [4.69, 9.17) is 34.8 Å². The maximum Gasteiger partial charge on any atom is 0.191 e. The summed E-state index contributed by atoms with van der Waals surface area (Å²) in [6.45, 7) is 1.31. The summed E-state index contributed by atoms with van der Waals surface area (Å²) < 4.78 is 1.84. The van der Waals surface area contributed by atoms with Crippen LogP contribution >= 0.6 is 58.8 Å². The summed E-state index contributed by atoms with van der Waals surface area (Å²) in [7, 11) is 3.60. The van der Waals surface area contributed by atoms with E-state index in [9.17, 15) is 0 Å². The van der Waals surface area contributed by atoms with Gasteiger partial charge < -0.3 is 15.2 Å². The summed E-state index contributed by atoms with van der Waals surface area (Å²) in [5, 5.41) is 8.05. The third-order valence-corrected chi connectivity index (χ3v) is 4.44. The van der Waals surface area contributed by atoms with Crippen LogP contribution in [0.25, 0.3) is 0 Å². The predicted octanol–water partition coefficient (Wildman–Crippen LogP) is 3.91. The minimum Gasteiger partial charge on any atom is -0.356 e. The first-order chi connectivity index (χ1) is 11.0. The van der Waals surface area contributed by atoms with Crippen molar-refractivity contribution in [1.29, 1.82) is 0 Å². The molecule has 0 amide bonds. The van der Waals surface area contributed by atoms with Gasteiger partial charge in [0, 0.05) is 32.5 Å². The van der Waals surface area contributed by atoms with Crippen LogP contribution in [0.2, 0.25) is 15.3 Å². The van der Waals surface area contributed by atoms with Crippen LogP contribution in [0.1, 0.15) is 11.3 Å². The van der Waals surface area contributed by atoms with Crippen molar-refractivity contribution in [3.63, 3.8) is 0 Å². The Morgan fingerprint density at radius 3 is 2.54 bits per heavy atom. The van der Waals surface area contributed by atoms with Crippen LogP contribution in [0.15, 0.2) is 29.4 Å². The Hall–Kier alpha value is -0.700. The zero-order chi connectivity index (χ0) is 16.8. The van der Waals surface area contributed by atoms with E-state index in [1.165, 1.54) is 0 Å². The third-order valence-electron chi connectivity index (χ3n) is 3.37. The number of guanidine groups is 1. The van der Waals surface area contributed by atoms with Crippen LogP contribution in [-0.2, 0) is 20.0 Å². The fraction of sp³-hybridized carbons (Fsp3) is 0.333. The average Bonchev–Trinajstić information content (AvgIpc) is 2.79. The van der Waals surface area contributed by atoms with E-state index in [0.717, 1.165) is 24.2 Å². The van der Waals surface area contributed by atoms with Crippen molar-refractivity contribution in [2.24, 2.45) is 12.0 Å². The Kier molecular flexibility index (Phi) is 9.18. The first-order valence-corrected chi connectivity index (χ1v) is 8.19. The monoisotopic (exact) mass is 501 g/mol. The molecule has 0 aliphatic heterocycles. The molecule has 5 nitrogen and oxygen atoms in total. The van der Waals surface area contributed by atoms with Crippen LogP contribution < -0.4 is 10.6 Å². The third kappa shape index (κ3) is 5.98. The van der Waals surface area contributed by atoms with Gasteiger partial charge in [0.2, 0.25) is 0 Å². The van der Waals surface area contributed by atoms with Crippen LogP contribution in [0.4, 0.5) is 0 Å². The average molecular weight is 503 g/mol. The molecule has 0 aliphatic rings. The zero-order valence-electron chi connectivity index (χ0n) is 13.3. The normalized spacial score (nSPS) is 11.1. The van der Waals surface area contributed by atoms with Crippen molar-refractivity contribution >= 4 is 64.7 Å². The summed E-state index contributed by atoms with van der Waals surface area (Å²) in [4.78, 5) is 8.25. The van der Waals surface area contributed by atoms with Gasteiger partial charge in [-0.3, -0.25) is 4.99 Å². The largest absolute Gasteiger partial charge is 0.356 e. The second-order valence-corrected chi connectivity index (χ2v) is 6.08. The molecule has 0 bridgehead atoms. The molecule has 2 N–H and O–H groups in total. The molecular weight excluding hydrogens is 483 g/mol. The Labute approximate surface area is 173 Å². The van der Waals surface area contributed by atoms with Crippen molar-refractivity contribution in [3.8, 4) is 0 Å². The maximum atomic E-state index is 6.05. The fourth-order valence-corrected chi connectivity index (χ4v) is 2.56. The van der Waals surface area contributed by atoms with Gasteiger partial charge in [-0.25, -0.2) is 4.98 Å². The Balaban J connectivity index is 0.00000288. The highest BCUT2D eigenvalue weighted by Crippen LogP contribution is 2.24. The van der Waals surface area contributed by atoms with Crippen LogP contribution in [-0.4, -0.2) is 29.1 Å². The van der Waals surface area contributed by atoms with Gasteiger partial charge in [-0.05, 0) is 24.1 Å². The van der Waals surface area contributed by atoms with Crippen molar-refractivity contribution in [1.82, 2.24) is 20.2 Å². The molecule has 2 rings (SSSR count). The summed E-state index contributed by atoms with van der Waals surface area (Å²) in [5.74, 6) is 0.709. The molecule has 0 atom stereocenters. The Morgan fingerprint density at radius 2 is 2.00 bits per heavy atom. The Morgan fingerprint density at radius 1 is 1.25 bits per heavy atom. The molecule has 2 aromatic heterocycles. The van der Waals surface area contributed by atoms with Crippen LogP contribution in [0.5, 0.6) is 0 Å². The van der Waals surface area contributed by atoms with E-state index in [1.807, 2.05) is 23.7 Å². The first-order valence-electron chi connectivity index (χ1n) is 7.05. The molecule has 2 aromatic rings. The van der Waals surface area contributed by atoms with E-state index >= 15 is 0 Å². The van der Waals surface area contributed by atoms with Crippen molar-refractivity contribution in [2.45, 2.75) is 13.0 Å². The molecule has 9 heteroatoms.